The Morgan fingerprint density at radius 1 is 1.12 bits per heavy atom. The molecule has 168 valence electrons. The standard InChI is InChI=1S/C23H22N6O3S/c30-29(31)19-5-1-16(2-6-19)15-33-21-14-24-20-13-25-23(27-22(20)21)26-17-3-7-18(8-4-17)28-9-11-32-12-10-28/h1-8,13-14,24H,9-12,15H2,(H,25,26,27). The first-order valence-electron chi connectivity index (χ1n) is 10.6. The number of nitro benzene ring substituents is 1. The van der Waals surface area contributed by atoms with Gasteiger partial charge in [0.15, 0.2) is 0 Å². The van der Waals surface area contributed by atoms with E-state index in [1.165, 1.54) is 17.8 Å². The molecule has 33 heavy (non-hydrogen) atoms. The molecule has 0 saturated carbocycles. The molecule has 1 aliphatic heterocycles. The van der Waals surface area contributed by atoms with E-state index in [9.17, 15) is 10.1 Å². The monoisotopic (exact) mass is 462 g/mol. The molecule has 4 aromatic rings. The Hall–Kier alpha value is -3.63. The van der Waals surface area contributed by atoms with E-state index in [0.29, 0.717) is 11.7 Å². The summed E-state index contributed by atoms with van der Waals surface area (Å²) in [6.45, 7) is 3.32. The number of non-ortho nitro benzene ring substituents is 1. The van der Waals surface area contributed by atoms with Crippen LogP contribution in [-0.2, 0) is 10.5 Å². The number of anilines is 3. The molecule has 0 unspecified atom stereocenters. The van der Waals surface area contributed by atoms with E-state index < -0.39 is 4.92 Å². The van der Waals surface area contributed by atoms with Crippen LogP contribution in [-0.4, -0.2) is 46.2 Å². The van der Waals surface area contributed by atoms with Crippen LogP contribution >= 0.6 is 11.8 Å². The maximum absolute atomic E-state index is 10.8. The predicted molar refractivity (Wildman–Crippen MR) is 129 cm³/mol. The third kappa shape index (κ3) is 4.91. The maximum atomic E-state index is 10.8. The third-order valence-electron chi connectivity index (χ3n) is 5.42. The number of aromatic nitrogens is 3. The number of ether oxygens (including phenoxy) is 1. The Balaban J connectivity index is 1.27. The van der Waals surface area contributed by atoms with Crippen LogP contribution in [0.3, 0.4) is 0 Å². The maximum Gasteiger partial charge on any atom is 0.269 e. The largest absolute Gasteiger partial charge is 0.378 e. The van der Waals surface area contributed by atoms with E-state index in [1.807, 2.05) is 18.3 Å². The Bertz CT molecular complexity index is 1250. The molecule has 0 atom stereocenters. The number of fused-ring (bicyclic) bond motifs is 1. The summed E-state index contributed by atoms with van der Waals surface area (Å²) in [5.74, 6) is 1.21. The Morgan fingerprint density at radius 2 is 1.88 bits per heavy atom. The molecular weight excluding hydrogens is 440 g/mol. The van der Waals surface area contributed by atoms with Gasteiger partial charge in [0.2, 0.25) is 5.95 Å². The summed E-state index contributed by atoms with van der Waals surface area (Å²) in [4.78, 5) is 26.1. The second-order valence-electron chi connectivity index (χ2n) is 7.59. The molecule has 1 saturated heterocycles. The second kappa shape index (κ2) is 9.47. The minimum Gasteiger partial charge on any atom is -0.378 e. The van der Waals surface area contributed by atoms with Crippen LogP contribution in [0.2, 0.25) is 0 Å². The van der Waals surface area contributed by atoms with E-state index >= 15 is 0 Å². The number of aromatic amines is 1. The Kier molecular flexibility index (Phi) is 6.09. The first-order chi connectivity index (χ1) is 16.2. The van der Waals surface area contributed by atoms with Crippen molar-refractivity contribution in [3.63, 3.8) is 0 Å². The van der Waals surface area contributed by atoms with Crippen LogP contribution < -0.4 is 10.2 Å². The molecule has 0 bridgehead atoms. The van der Waals surface area contributed by atoms with E-state index in [0.717, 1.165) is 53.5 Å². The van der Waals surface area contributed by atoms with Gasteiger partial charge in [0.1, 0.15) is 5.52 Å². The van der Waals surface area contributed by atoms with Gasteiger partial charge in [0.05, 0.1) is 34.7 Å². The number of hydrogen-bond donors (Lipinski definition) is 2. The highest BCUT2D eigenvalue weighted by Crippen LogP contribution is 2.30. The average Bonchev–Trinajstić information content (AvgIpc) is 3.26. The van der Waals surface area contributed by atoms with Gasteiger partial charge >= 0.3 is 0 Å². The SMILES string of the molecule is O=[N+]([O-])c1ccc(CSc2c[nH]c3cnc(Nc4ccc(N5CCOCC5)cc4)nc23)cc1. The number of thioether (sulfide) groups is 1. The van der Waals surface area contributed by atoms with Gasteiger partial charge in [0.25, 0.3) is 5.69 Å². The van der Waals surface area contributed by atoms with Crippen molar-refractivity contribution in [3.8, 4) is 0 Å². The van der Waals surface area contributed by atoms with Crippen LogP contribution in [0.5, 0.6) is 0 Å². The Morgan fingerprint density at radius 3 is 2.61 bits per heavy atom. The van der Waals surface area contributed by atoms with Crippen molar-refractivity contribution in [2.75, 3.05) is 36.5 Å². The lowest BCUT2D eigenvalue weighted by molar-refractivity contribution is -0.384. The number of H-pyrrole nitrogens is 1. The molecule has 0 amide bonds. The number of nitrogens with zero attached hydrogens (tertiary/aromatic N) is 4. The van der Waals surface area contributed by atoms with Crippen LogP contribution in [0.15, 0.2) is 65.8 Å². The van der Waals surface area contributed by atoms with E-state index in [2.05, 4.69) is 32.3 Å². The van der Waals surface area contributed by atoms with Crippen molar-refractivity contribution in [3.05, 3.63) is 76.6 Å². The number of morpholine rings is 1. The van der Waals surface area contributed by atoms with Crippen LogP contribution in [0, 0.1) is 10.1 Å². The van der Waals surface area contributed by atoms with E-state index in [-0.39, 0.29) is 5.69 Å². The fraction of sp³-hybridized carbons (Fsp3) is 0.217. The highest BCUT2D eigenvalue weighted by atomic mass is 32.2. The minimum absolute atomic E-state index is 0.0947. The molecule has 5 rings (SSSR count). The van der Waals surface area contributed by atoms with E-state index in [1.54, 1.807) is 30.1 Å². The fourth-order valence-corrected chi connectivity index (χ4v) is 4.59. The van der Waals surface area contributed by atoms with Crippen LogP contribution in [0.4, 0.5) is 23.0 Å². The molecule has 10 heteroatoms. The van der Waals surface area contributed by atoms with Crippen molar-refractivity contribution in [2.24, 2.45) is 0 Å². The van der Waals surface area contributed by atoms with Crippen molar-refractivity contribution in [2.45, 2.75) is 10.6 Å². The number of rotatable bonds is 7. The molecule has 0 aliphatic carbocycles. The smallest absolute Gasteiger partial charge is 0.269 e. The van der Waals surface area contributed by atoms with Crippen LogP contribution in [0.1, 0.15) is 5.56 Å². The summed E-state index contributed by atoms with van der Waals surface area (Å²) in [6, 6.07) is 14.9. The van der Waals surface area contributed by atoms with Crippen LogP contribution in [0.25, 0.3) is 11.0 Å². The summed E-state index contributed by atoms with van der Waals surface area (Å²) in [6.07, 6.45) is 3.68. The zero-order chi connectivity index (χ0) is 22.6. The van der Waals surface area contributed by atoms with Gasteiger partial charge in [-0.1, -0.05) is 12.1 Å². The summed E-state index contributed by atoms with van der Waals surface area (Å²) in [5, 5.41) is 14.1. The lowest BCUT2D eigenvalue weighted by atomic mass is 10.2. The first-order valence-corrected chi connectivity index (χ1v) is 11.5. The van der Waals surface area contributed by atoms with Crippen molar-refractivity contribution >= 4 is 45.8 Å². The molecule has 9 nitrogen and oxygen atoms in total. The number of benzene rings is 2. The topological polar surface area (TPSA) is 109 Å². The highest BCUT2D eigenvalue weighted by Gasteiger charge is 2.12. The zero-order valence-corrected chi connectivity index (χ0v) is 18.5. The Labute approximate surface area is 194 Å². The summed E-state index contributed by atoms with van der Waals surface area (Å²) < 4.78 is 5.42. The lowest BCUT2D eigenvalue weighted by Gasteiger charge is -2.28. The summed E-state index contributed by atoms with van der Waals surface area (Å²) in [7, 11) is 0. The number of hydrogen-bond acceptors (Lipinski definition) is 8. The first kappa shape index (κ1) is 21.2. The fourth-order valence-electron chi connectivity index (χ4n) is 3.64. The molecule has 0 spiro atoms. The molecule has 2 N–H and O–H groups in total. The number of nitro groups is 1. The van der Waals surface area contributed by atoms with Gasteiger partial charge in [0, 0.05) is 48.5 Å². The molecule has 3 heterocycles. The molecule has 1 aliphatic rings. The molecular formula is C23H22N6O3S. The molecule has 1 fully saturated rings. The summed E-state index contributed by atoms with van der Waals surface area (Å²) in [5.41, 5.74) is 4.89. The third-order valence-corrected chi connectivity index (χ3v) is 6.52. The highest BCUT2D eigenvalue weighted by molar-refractivity contribution is 7.98. The second-order valence-corrected chi connectivity index (χ2v) is 8.61. The lowest BCUT2D eigenvalue weighted by Crippen LogP contribution is -2.36. The quantitative estimate of drug-likeness (QED) is 0.230. The van der Waals surface area contributed by atoms with Gasteiger partial charge in [-0.15, -0.1) is 11.8 Å². The van der Waals surface area contributed by atoms with Crippen molar-refractivity contribution in [1.29, 1.82) is 0 Å². The summed E-state index contributed by atoms with van der Waals surface area (Å²) >= 11 is 1.62. The zero-order valence-electron chi connectivity index (χ0n) is 17.7. The normalized spacial score (nSPS) is 13.9. The van der Waals surface area contributed by atoms with Gasteiger partial charge in [-0.25, -0.2) is 9.97 Å². The van der Waals surface area contributed by atoms with E-state index in [4.69, 9.17) is 9.72 Å². The minimum atomic E-state index is -0.391. The molecule has 0 radical (unpaired) electrons. The van der Waals surface area contributed by atoms with Gasteiger partial charge in [-0.05, 0) is 29.8 Å². The van der Waals surface area contributed by atoms with Gasteiger partial charge in [-0.3, -0.25) is 10.1 Å². The van der Waals surface area contributed by atoms with Gasteiger partial charge in [-0.2, -0.15) is 0 Å². The van der Waals surface area contributed by atoms with Crippen molar-refractivity contribution < 1.29 is 9.66 Å². The van der Waals surface area contributed by atoms with Crippen molar-refractivity contribution in [1.82, 2.24) is 15.0 Å². The predicted octanol–water partition coefficient (Wildman–Crippen LogP) is 4.74. The van der Waals surface area contributed by atoms with Gasteiger partial charge < -0.3 is 19.9 Å². The molecule has 2 aromatic carbocycles. The average molecular weight is 463 g/mol. The molecule has 2 aromatic heterocycles. The number of nitrogens with one attached hydrogen (secondary N) is 2.